The van der Waals surface area contributed by atoms with Gasteiger partial charge in [-0.3, -0.25) is 19.3 Å². The van der Waals surface area contributed by atoms with Crippen LogP contribution >= 0.6 is 0 Å². The van der Waals surface area contributed by atoms with Gasteiger partial charge in [-0.15, -0.1) is 0 Å². The van der Waals surface area contributed by atoms with Gasteiger partial charge in [0.1, 0.15) is 5.60 Å². The Bertz CT molecular complexity index is 819. The summed E-state index contributed by atoms with van der Waals surface area (Å²) in [5.41, 5.74) is 1.97. The number of imide groups is 1. The number of carbonyl (C=O) groups excluding carboxylic acids is 3. The summed E-state index contributed by atoms with van der Waals surface area (Å²) in [6.45, 7) is 0.637. The van der Waals surface area contributed by atoms with Gasteiger partial charge < -0.3 is 4.74 Å². The Morgan fingerprint density at radius 3 is 2.12 bits per heavy atom. The molecule has 1 aliphatic carbocycles. The van der Waals surface area contributed by atoms with Crippen molar-refractivity contribution in [2.45, 2.75) is 25.0 Å². The SMILES string of the molecule is O=COC1(c2ccccc2CN2C(=O)c3ccccc3C2=O)CC1. The van der Waals surface area contributed by atoms with E-state index in [4.69, 9.17) is 4.74 Å². The molecule has 0 spiro atoms. The topological polar surface area (TPSA) is 63.7 Å². The molecule has 2 amide bonds. The van der Waals surface area contributed by atoms with Crippen LogP contribution in [0.1, 0.15) is 44.7 Å². The van der Waals surface area contributed by atoms with E-state index in [0.717, 1.165) is 24.0 Å². The molecule has 1 aliphatic heterocycles. The smallest absolute Gasteiger partial charge is 0.293 e. The van der Waals surface area contributed by atoms with Gasteiger partial charge in [-0.25, -0.2) is 0 Å². The highest BCUT2D eigenvalue weighted by molar-refractivity contribution is 6.21. The van der Waals surface area contributed by atoms with Gasteiger partial charge in [0.25, 0.3) is 18.3 Å². The molecule has 0 saturated heterocycles. The van der Waals surface area contributed by atoms with Gasteiger partial charge in [-0.05, 0) is 30.5 Å². The summed E-state index contributed by atoms with van der Waals surface area (Å²) in [5.74, 6) is -0.571. The summed E-state index contributed by atoms with van der Waals surface area (Å²) in [6, 6.07) is 14.3. The van der Waals surface area contributed by atoms with Crippen LogP contribution in [0.3, 0.4) is 0 Å². The van der Waals surface area contributed by atoms with E-state index in [0.29, 0.717) is 17.6 Å². The van der Waals surface area contributed by atoms with Gasteiger partial charge in [-0.2, -0.15) is 0 Å². The van der Waals surface area contributed by atoms with E-state index < -0.39 is 5.60 Å². The number of carbonyl (C=O) groups is 3. The van der Waals surface area contributed by atoms with E-state index in [-0.39, 0.29) is 18.4 Å². The number of benzene rings is 2. The zero-order valence-electron chi connectivity index (χ0n) is 12.9. The van der Waals surface area contributed by atoms with Crippen molar-refractivity contribution in [2.75, 3.05) is 0 Å². The highest BCUT2D eigenvalue weighted by atomic mass is 16.5. The zero-order chi connectivity index (χ0) is 16.7. The first-order valence-electron chi connectivity index (χ1n) is 7.81. The second-order valence-corrected chi connectivity index (χ2v) is 6.11. The summed E-state index contributed by atoms with van der Waals surface area (Å²) in [5, 5.41) is 0. The minimum atomic E-state index is -0.600. The summed E-state index contributed by atoms with van der Waals surface area (Å²) >= 11 is 0. The fourth-order valence-corrected chi connectivity index (χ4v) is 3.31. The summed E-state index contributed by atoms with van der Waals surface area (Å²) in [6.07, 6.45) is 1.51. The van der Waals surface area contributed by atoms with Crippen LogP contribution < -0.4 is 0 Å². The lowest BCUT2D eigenvalue weighted by Crippen LogP contribution is -2.30. The first kappa shape index (κ1) is 14.6. The average Bonchev–Trinajstić information content (AvgIpc) is 3.35. The second kappa shape index (κ2) is 5.30. The minimum absolute atomic E-state index is 0.173. The van der Waals surface area contributed by atoms with Crippen molar-refractivity contribution in [3.05, 3.63) is 70.8 Å². The summed E-state index contributed by atoms with van der Waals surface area (Å²) in [4.78, 5) is 37.1. The highest BCUT2D eigenvalue weighted by Crippen LogP contribution is 2.50. The minimum Gasteiger partial charge on any atom is -0.456 e. The van der Waals surface area contributed by atoms with Crippen LogP contribution in [0.5, 0.6) is 0 Å². The van der Waals surface area contributed by atoms with Gasteiger partial charge in [-0.1, -0.05) is 36.4 Å². The number of fused-ring (bicyclic) bond motifs is 1. The molecule has 0 radical (unpaired) electrons. The Kier molecular flexibility index (Phi) is 3.23. The quantitative estimate of drug-likeness (QED) is 0.627. The van der Waals surface area contributed by atoms with E-state index in [1.54, 1.807) is 24.3 Å². The predicted molar refractivity (Wildman–Crippen MR) is 85.1 cm³/mol. The van der Waals surface area contributed by atoms with E-state index >= 15 is 0 Å². The number of amides is 2. The van der Waals surface area contributed by atoms with E-state index in [2.05, 4.69) is 0 Å². The molecule has 0 aromatic heterocycles. The van der Waals surface area contributed by atoms with Gasteiger partial charge >= 0.3 is 0 Å². The van der Waals surface area contributed by atoms with E-state index in [1.807, 2.05) is 24.3 Å². The Balaban J connectivity index is 1.67. The van der Waals surface area contributed by atoms with Crippen LogP contribution in [0.15, 0.2) is 48.5 Å². The van der Waals surface area contributed by atoms with Crippen LogP contribution in [0.25, 0.3) is 0 Å². The van der Waals surface area contributed by atoms with E-state index in [1.165, 1.54) is 4.90 Å². The summed E-state index contributed by atoms with van der Waals surface area (Å²) < 4.78 is 5.28. The molecule has 2 aliphatic rings. The first-order valence-corrected chi connectivity index (χ1v) is 7.81. The molecular weight excluding hydrogens is 306 g/mol. The molecule has 120 valence electrons. The van der Waals surface area contributed by atoms with Crippen molar-refractivity contribution < 1.29 is 19.1 Å². The molecule has 2 aromatic rings. The monoisotopic (exact) mass is 321 g/mol. The number of hydrogen-bond donors (Lipinski definition) is 0. The molecule has 0 atom stereocenters. The highest BCUT2D eigenvalue weighted by Gasteiger charge is 2.48. The predicted octanol–water partition coefficient (Wildman–Crippen LogP) is 2.64. The Morgan fingerprint density at radius 2 is 1.54 bits per heavy atom. The zero-order valence-corrected chi connectivity index (χ0v) is 12.9. The lowest BCUT2D eigenvalue weighted by atomic mass is 10.00. The Hall–Kier alpha value is -2.95. The summed E-state index contributed by atoms with van der Waals surface area (Å²) in [7, 11) is 0. The molecule has 0 unspecified atom stereocenters. The van der Waals surface area contributed by atoms with Crippen LogP contribution in [-0.4, -0.2) is 23.2 Å². The lowest BCUT2D eigenvalue weighted by molar-refractivity contribution is -0.136. The maximum Gasteiger partial charge on any atom is 0.293 e. The fourth-order valence-electron chi connectivity index (χ4n) is 3.31. The van der Waals surface area contributed by atoms with Crippen LogP contribution in [-0.2, 0) is 21.7 Å². The van der Waals surface area contributed by atoms with Gasteiger partial charge in [0.15, 0.2) is 0 Å². The third kappa shape index (κ3) is 2.12. The van der Waals surface area contributed by atoms with Crippen molar-refractivity contribution in [3.8, 4) is 0 Å². The molecule has 5 heteroatoms. The molecule has 24 heavy (non-hydrogen) atoms. The molecule has 1 heterocycles. The second-order valence-electron chi connectivity index (χ2n) is 6.11. The molecule has 0 bridgehead atoms. The normalized spacial score (nSPS) is 17.6. The molecule has 0 N–H and O–H groups in total. The number of rotatable bonds is 5. The van der Waals surface area contributed by atoms with Gasteiger partial charge in [0, 0.05) is 5.56 Å². The van der Waals surface area contributed by atoms with Gasteiger partial charge in [0.2, 0.25) is 0 Å². The molecule has 5 nitrogen and oxygen atoms in total. The molecule has 4 rings (SSSR count). The average molecular weight is 321 g/mol. The molecule has 1 fully saturated rings. The number of hydrogen-bond acceptors (Lipinski definition) is 4. The van der Waals surface area contributed by atoms with Crippen LogP contribution in [0.4, 0.5) is 0 Å². The van der Waals surface area contributed by atoms with Crippen molar-refractivity contribution >= 4 is 18.3 Å². The largest absolute Gasteiger partial charge is 0.456 e. The Morgan fingerprint density at radius 1 is 0.958 bits per heavy atom. The van der Waals surface area contributed by atoms with E-state index in [9.17, 15) is 14.4 Å². The van der Waals surface area contributed by atoms with Crippen molar-refractivity contribution in [2.24, 2.45) is 0 Å². The van der Waals surface area contributed by atoms with Crippen molar-refractivity contribution in [1.82, 2.24) is 4.90 Å². The van der Waals surface area contributed by atoms with Gasteiger partial charge in [0.05, 0.1) is 17.7 Å². The molecule has 1 saturated carbocycles. The maximum atomic E-state index is 12.5. The third-order valence-corrected chi connectivity index (χ3v) is 4.69. The first-order chi connectivity index (χ1) is 11.7. The number of nitrogens with zero attached hydrogens (tertiary/aromatic N) is 1. The lowest BCUT2D eigenvalue weighted by Gasteiger charge is -2.21. The standard InChI is InChI=1S/C19H15NO4/c21-12-24-19(9-10-19)16-8-4-1-5-13(16)11-20-17(22)14-6-2-3-7-15(14)18(20)23/h1-8,12H,9-11H2. The number of ether oxygens (including phenoxy) is 1. The fraction of sp³-hybridized carbons (Fsp3) is 0.211. The molecular formula is C19H15NO4. The molecule has 2 aromatic carbocycles. The van der Waals surface area contributed by atoms with Crippen molar-refractivity contribution in [1.29, 1.82) is 0 Å². The van der Waals surface area contributed by atoms with Crippen LogP contribution in [0, 0.1) is 0 Å². The maximum absolute atomic E-state index is 12.5. The Labute approximate surface area is 138 Å². The van der Waals surface area contributed by atoms with Crippen molar-refractivity contribution in [3.63, 3.8) is 0 Å². The van der Waals surface area contributed by atoms with Crippen LogP contribution in [0.2, 0.25) is 0 Å². The third-order valence-electron chi connectivity index (χ3n) is 4.69.